The van der Waals surface area contributed by atoms with Crippen LogP contribution < -0.4 is 25.1 Å². The first-order valence-electron chi connectivity index (χ1n) is 11.8. The van der Waals surface area contributed by atoms with Crippen LogP contribution in [0.1, 0.15) is 34.8 Å². The molecule has 3 aromatic rings. The highest BCUT2D eigenvalue weighted by atomic mass is 32.2. The minimum absolute atomic E-state index is 0.300. The standard InChI is InChI=1S/C24H31N7O3S/c1-4-34-18-9-7-6-8-17(18)15-26-19-14-20(31-12-10-25-11-13-31)29-23(28-19)30-24-27-16(3)21(22(32)33)35(24)5-2/h6-9,14,25H,4-5,10-13,15H2,1-3H3,(H2-,26,27,28,29,30,32,33)/p+1. The summed E-state index contributed by atoms with van der Waals surface area (Å²) < 4.78 is 5.75. The van der Waals surface area contributed by atoms with Crippen LogP contribution in [0.25, 0.3) is 0 Å². The van der Waals surface area contributed by atoms with E-state index < -0.39 is 16.4 Å². The minimum Gasteiger partial charge on any atom is -0.494 e. The Morgan fingerprint density at radius 2 is 2.03 bits per heavy atom. The molecule has 1 saturated heterocycles. The number of aromatic carboxylic acids is 1. The Morgan fingerprint density at radius 3 is 2.74 bits per heavy atom. The summed E-state index contributed by atoms with van der Waals surface area (Å²) in [7, 11) is -0.649. The predicted octanol–water partition coefficient (Wildman–Crippen LogP) is 3.23. The number of carboxylic acids is 1. The van der Waals surface area contributed by atoms with Crippen LogP contribution in [0.5, 0.6) is 5.75 Å². The topological polar surface area (TPSA) is 128 Å². The molecule has 0 saturated carbocycles. The molecular weight excluding hydrogens is 466 g/mol. The Bertz CT molecular complexity index is 1250. The van der Waals surface area contributed by atoms with Crippen molar-refractivity contribution >= 4 is 34.0 Å². The molecule has 1 fully saturated rings. The molecule has 11 heteroatoms. The fourth-order valence-corrected chi connectivity index (χ4v) is 5.89. The van der Waals surface area contributed by atoms with Crippen molar-refractivity contribution in [2.45, 2.75) is 33.1 Å². The highest BCUT2D eigenvalue weighted by molar-refractivity contribution is 7.30. The van der Waals surface area contributed by atoms with Gasteiger partial charge in [0.15, 0.2) is 0 Å². The van der Waals surface area contributed by atoms with Gasteiger partial charge in [-0.25, -0.2) is 4.79 Å². The highest BCUT2D eigenvalue weighted by Crippen LogP contribution is 2.25. The van der Waals surface area contributed by atoms with Crippen LogP contribution in [0.2, 0.25) is 0 Å². The average molecular weight is 499 g/mol. The Labute approximate surface area is 207 Å². The molecule has 10 nitrogen and oxygen atoms in total. The number of hydrogen-bond donors (Lipinski definition) is 4. The van der Waals surface area contributed by atoms with Gasteiger partial charge in [-0.2, -0.15) is 9.97 Å². The Kier molecular flexibility index (Phi) is 7.98. The van der Waals surface area contributed by atoms with Gasteiger partial charge in [-0.15, -0.1) is 4.99 Å². The lowest BCUT2D eigenvalue weighted by molar-refractivity contribution is 0.0701. The zero-order valence-corrected chi connectivity index (χ0v) is 21.1. The number of para-hydroxylation sites is 1. The fourth-order valence-electron chi connectivity index (χ4n) is 4.03. The average Bonchev–Trinajstić information content (AvgIpc) is 3.18. The molecule has 0 spiro atoms. The Hall–Kier alpha value is -3.44. The van der Waals surface area contributed by atoms with Gasteiger partial charge in [-0.3, -0.25) is 4.98 Å². The number of H-pyrrole nitrogens is 1. The van der Waals surface area contributed by atoms with E-state index in [2.05, 4.69) is 25.5 Å². The molecule has 4 N–H and O–H groups in total. The number of benzene rings is 1. The first-order chi connectivity index (χ1) is 17.0. The number of nitrogens with one attached hydrogen (secondary N) is 3. The summed E-state index contributed by atoms with van der Waals surface area (Å²) in [6.45, 7) is 10.2. The highest BCUT2D eigenvalue weighted by Gasteiger charge is 2.27. The predicted molar refractivity (Wildman–Crippen MR) is 138 cm³/mol. The largest absolute Gasteiger partial charge is 0.494 e. The second kappa shape index (κ2) is 11.3. The molecule has 0 amide bonds. The van der Waals surface area contributed by atoms with Crippen LogP contribution in [0.4, 0.5) is 17.6 Å². The van der Waals surface area contributed by atoms with Crippen molar-refractivity contribution in [3.63, 3.8) is 0 Å². The number of hydrogen-bond acceptors (Lipinski definition) is 8. The van der Waals surface area contributed by atoms with Crippen molar-refractivity contribution in [1.29, 1.82) is 0 Å². The fraction of sp³-hybridized carbons (Fsp3) is 0.417. The van der Waals surface area contributed by atoms with E-state index in [1.807, 2.05) is 44.2 Å². The summed E-state index contributed by atoms with van der Waals surface area (Å²) >= 11 is 0. The molecule has 1 unspecified atom stereocenters. The maximum Gasteiger partial charge on any atom is 0.391 e. The van der Waals surface area contributed by atoms with Gasteiger partial charge in [0.05, 0.1) is 12.3 Å². The second-order valence-electron chi connectivity index (χ2n) is 8.02. The summed E-state index contributed by atoms with van der Waals surface area (Å²) in [4.78, 5) is 32.2. The van der Waals surface area contributed by atoms with Crippen LogP contribution in [0.15, 0.2) is 35.3 Å². The number of aromatic amines is 1. The third-order valence-electron chi connectivity index (χ3n) is 5.67. The second-order valence-corrected chi connectivity index (χ2v) is 10.2. The van der Waals surface area contributed by atoms with Crippen molar-refractivity contribution < 1.29 is 14.6 Å². The normalized spacial score (nSPS) is 14.8. The Balaban J connectivity index is 1.71. The van der Waals surface area contributed by atoms with Crippen molar-refractivity contribution in [3.05, 3.63) is 51.3 Å². The molecule has 4 rings (SSSR count). The van der Waals surface area contributed by atoms with Gasteiger partial charge < -0.3 is 25.4 Å². The molecule has 2 aromatic heterocycles. The number of anilines is 2. The van der Waals surface area contributed by atoms with Gasteiger partial charge in [-0.05, 0) is 26.8 Å². The van der Waals surface area contributed by atoms with Crippen molar-refractivity contribution in [2.24, 2.45) is 4.99 Å². The molecule has 1 aliphatic rings. The molecule has 1 atom stereocenters. The third-order valence-corrected chi connectivity index (χ3v) is 7.88. The van der Waals surface area contributed by atoms with E-state index in [-0.39, 0.29) is 0 Å². The smallest absolute Gasteiger partial charge is 0.391 e. The number of rotatable bonds is 9. The van der Waals surface area contributed by atoms with E-state index in [9.17, 15) is 9.90 Å². The van der Waals surface area contributed by atoms with E-state index in [1.165, 1.54) is 0 Å². The molecule has 35 heavy (non-hydrogen) atoms. The monoisotopic (exact) mass is 498 g/mol. The number of aryl methyl sites for hydroxylation is 1. The summed E-state index contributed by atoms with van der Waals surface area (Å²) in [6, 6.07) is 9.85. The first kappa shape index (κ1) is 24.7. The van der Waals surface area contributed by atoms with Gasteiger partial charge in [0.1, 0.15) is 23.1 Å². The maximum absolute atomic E-state index is 11.8. The van der Waals surface area contributed by atoms with Gasteiger partial charge in [0.2, 0.25) is 0 Å². The number of ether oxygens (including phenoxy) is 1. The molecular formula is C24H32N7O3S+. The van der Waals surface area contributed by atoms with Gasteiger partial charge >= 0.3 is 10.8 Å². The minimum atomic E-state index is -0.920. The molecule has 0 bridgehead atoms. The lowest BCUT2D eigenvalue weighted by Gasteiger charge is -2.28. The van der Waals surface area contributed by atoms with E-state index in [1.54, 1.807) is 6.92 Å². The van der Waals surface area contributed by atoms with Gasteiger partial charge in [-0.1, -0.05) is 18.2 Å². The van der Waals surface area contributed by atoms with Crippen LogP contribution in [-0.4, -0.2) is 58.8 Å². The SMILES string of the molecule is CCOc1ccccc1CNc1cc(N2CCNCC2)nc(N=c2[nH]c(C)c(C(=O)O)[s+]2CC)n1. The number of piperazine rings is 1. The number of thiazole rings is 1. The summed E-state index contributed by atoms with van der Waals surface area (Å²) in [6.07, 6.45) is 0. The van der Waals surface area contributed by atoms with Gasteiger partial charge in [0.25, 0.3) is 10.8 Å². The lowest BCUT2D eigenvalue weighted by atomic mass is 10.2. The summed E-state index contributed by atoms with van der Waals surface area (Å²) in [5.41, 5.74) is 1.64. The molecule has 3 heterocycles. The first-order valence-corrected chi connectivity index (χ1v) is 13.2. The van der Waals surface area contributed by atoms with Crippen molar-refractivity contribution in [1.82, 2.24) is 20.3 Å². The zero-order chi connectivity index (χ0) is 24.8. The molecule has 0 radical (unpaired) electrons. The molecule has 186 valence electrons. The molecule has 1 aliphatic heterocycles. The van der Waals surface area contributed by atoms with Crippen LogP contribution >= 0.6 is 10.5 Å². The van der Waals surface area contributed by atoms with E-state index in [4.69, 9.17) is 14.7 Å². The lowest BCUT2D eigenvalue weighted by Crippen LogP contribution is -2.43. The van der Waals surface area contributed by atoms with E-state index in [0.29, 0.717) is 46.0 Å². The van der Waals surface area contributed by atoms with Crippen molar-refractivity contribution in [3.8, 4) is 5.75 Å². The van der Waals surface area contributed by atoms with Crippen molar-refractivity contribution in [2.75, 3.05) is 43.0 Å². The molecule has 1 aromatic carbocycles. The maximum atomic E-state index is 11.8. The van der Waals surface area contributed by atoms with Crippen LogP contribution in [0, 0.1) is 6.92 Å². The third kappa shape index (κ3) is 5.80. The van der Waals surface area contributed by atoms with Crippen LogP contribution in [0.3, 0.4) is 0 Å². The summed E-state index contributed by atoms with van der Waals surface area (Å²) in [5.74, 6) is 2.30. The van der Waals surface area contributed by atoms with Gasteiger partial charge in [0, 0.05) is 54.8 Å². The number of nitrogens with zero attached hydrogens (tertiary/aromatic N) is 4. The number of carboxylic acid groups (broad SMARTS) is 1. The van der Waals surface area contributed by atoms with E-state index >= 15 is 0 Å². The zero-order valence-electron chi connectivity index (χ0n) is 20.3. The number of aromatic nitrogens is 3. The number of carbonyl (C=O) groups is 1. The van der Waals surface area contributed by atoms with E-state index in [0.717, 1.165) is 43.3 Å². The Morgan fingerprint density at radius 1 is 1.26 bits per heavy atom. The van der Waals surface area contributed by atoms with Crippen LogP contribution in [-0.2, 0) is 12.3 Å². The summed E-state index contributed by atoms with van der Waals surface area (Å²) in [5, 5.41) is 16.4. The quantitative estimate of drug-likeness (QED) is 0.331. The molecule has 0 aliphatic carbocycles.